The van der Waals surface area contributed by atoms with Crippen LogP contribution in [0.3, 0.4) is 0 Å². The number of nitrogens with zero attached hydrogens (tertiary/aromatic N) is 1. The molecule has 3 N–H and O–H groups in total. The molecule has 1 amide bonds. The zero-order chi connectivity index (χ0) is 11.7. The van der Waals surface area contributed by atoms with Crippen LogP contribution in [0.5, 0.6) is 0 Å². The topological polar surface area (TPSA) is 69.8 Å². The number of aromatic amines is 1. The fraction of sp³-hybridized carbons (Fsp3) is 0.167. The molecular formula is C12H12N4O. The Balaban J connectivity index is 1.70. The van der Waals surface area contributed by atoms with Gasteiger partial charge in [0.15, 0.2) is 0 Å². The number of rotatable bonds is 2. The smallest absolute Gasteiger partial charge is 0.247 e. The first-order valence-corrected chi connectivity index (χ1v) is 5.47. The molecule has 0 saturated heterocycles. The Labute approximate surface area is 98.2 Å². The number of fused-ring (bicyclic) bond motifs is 1. The van der Waals surface area contributed by atoms with Crippen LogP contribution in [-0.2, 0) is 11.2 Å². The maximum absolute atomic E-state index is 12.0. The molecule has 0 fully saturated rings. The zero-order valence-corrected chi connectivity index (χ0v) is 9.10. The van der Waals surface area contributed by atoms with E-state index in [4.69, 9.17) is 0 Å². The molecule has 3 rings (SSSR count). The molecule has 1 aliphatic rings. The van der Waals surface area contributed by atoms with Crippen molar-refractivity contribution in [2.24, 2.45) is 0 Å². The van der Waals surface area contributed by atoms with E-state index < -0.39 is 0 Å². The van der Waals surface area contributed by atoms with Crippen molar-refractivity contribution in [2.45, 2.75) is 12.5 Å². The lowest BCUT2D eigenvalue weighted by Crippen LogP contribution is -2.32. The number of anilines is 2. The van der Waals surface area contributed by atoms with Crippen molar-refractivity contribution < 1.29 is 4.79 Å². The monoisotopic (exact) mass is 228 g/mol. The third-order valence-electron chi connectivity index (χ3n) is 2.85. The van der Waals surface area contributed by atoms with Crippen molar-refractivity contribution >= 4 is 17.3 Å². The summed E-state index contributed by atoms with van der Waals surface area (Å²) < 4.78 is 0. The molecule has 5 heteroatoms. The third kappa shape index (κ3) is 1.87. The maximum Gasteiger partial charge on any atom is 0.247 e. The van der Waals surface area contributed by atoms with Crippen LogP contribution >= 0.6 is 0 Å². The number of H-pyrrole nitrogens is 1. The number of hydrogen-bond acceptors (Lipinski definition) is 3. The zero-order valence-electron chi connectivity index (χ0n) is 9.10. The van der Waals surface area contributed by atoms with Crippen molar-refractivity contribution in [1.82, 2.24) is 10.2 Å². The van der Waals surface area contributed by atoms with Gasteiger partial charge in [-0.05, 0) is 11.6 Å². The number of para-hydroxylation sites is 1. The fourth-order valence-corrected chi connectivity index (χ4v) is 2.00. The maximum atomic E-state index is 12.0. The van der Waals surface area contributed by atoms with Crippen LogP contribution in [0.4, 0.5) is 11.4 Å². The van der Waals surface area contributed by atoms with Crippen molar-refractivity contribution in [3.05, 3.63) is 42.2 Å². The van der Waals surface area contributed by atoms with Gasteiger partial charge < -0.3 is 10.6 Å². The molecule has 1 aromatic carbocycles. The summed E-state index contributed by atoms with van der Waals surface area (Å²) in [4.78, 5) is 12.0. The number of hydrogen-bond donors (Lipinski definition) is 3. The molecule has 0 saturated carbocycles. The Morgan fingerprint density at radius 3 is 3.06 bits per heavy atom. The summed E-state index contributed by atoms with van der Waals surface area (Å²) in [6.45, 7) is 0. The van der Waals surface area contributed by atoms with E-state index >= 15 is 0 Å². The summed E-state index contributed by atoms with van der Waals surface area (Å²) in [5.41, 5.74) is 2.91. The third-order valence-corrected chi connectivity index (χ3v) is 2.85. The van der Waals surface area contributed by atoms with Crippen LogP contribution in [0, 0.1) is 0 Å². The lowest BCUT2D eigenvalue weighted by molar-refractivity contribution is -0.116. The van der Waals surface area contributed by atoms with Crippen LogP contribution in [0.25, 0.3) is 0 Å². The van der Waals surface area contributed by atoms with Gasteiger partial charge in [-0.15, -0.1) is 0 Å². The number of aromatic nitrogens is 2. The summed E-state index contributed by atoms with van der Waals surface area (Å²) in [7, 11) is 0. The summed E-state index contributed by atoms with van der Waals surface area (Å²) in [6, 6.07) is 7.76. The second kappa shape index (κ2) is 3.93. The lowest BCUT2D eigenvalue weighted by atomic mass is 10.1. The molecule has 2 heterocycles. The Morgan fingerprint density at radius 1 is 1.41 bits per heavy atom. The van der Waals surface area contributed by atoms with Gasteiger partial charge in [-0.3, -0.25) is 9.89 Å². The molecule has 0 radical (unpaired) electrons. The highest BCUT2D eigenvalue weighted by molar-refractivity contribution is 5.97. The van der Waals surface area contributed by atoms with Gasteiger partial charge >= 0.3 is 0 Å². The Morgan fingerprint density at radius 2 is 2.29 bits per heavy atom. The van der Waals surface area contributed by atoms with Gasteiger partial charge in [0.1, 0.15) is 6.04 Å². The number of nitrogens with one attached hydrogen (secondary N) is 3. The van der Waals surface area contributed by atoms with E-state index in [1.54, 1.807) is 12.4 Å². The first-order chi connectivity index (χ1) is 8.33. The summed E-state index contributed by atoms with van der Waals surface area (Å²) in [6.07, 6.45) is 3.96. The number of amides is 1. The lowest BCUT2D eigenvalue weighted by Gasteiger charge is -2.10. The molecule has 1 aromatic heterocycles. The predicted molar refractivity (Wildman–Crippen MR) is 64.8 cm³/mol. The minimum absolute atomic E-state index is 0.0393. The molecule has 1 aliphatic heterocycles. The van der Waals surface area contributed by atoms with Gasteiger partial charge in [0.2, 0.25) is 5.91 Å². The summed E-state index contributed by atoms with van der Waals surface area (Å²) in [5.74, 6) is -0.0393. The molecule has 0 bridgehead atoms. The van der Waals surface area contributed by atoms with Gasteiger partial charge in [0.25, 0.3) is 0 Å². The largest absolute Gasteiger partial charge is 0.373 e. The highest BCUT2D eigenvalue weighted by Gasteiger charge is 2.26. The second-order valence-electron chi connectivity index (χ2n) is 4.03. The molecule has 2 aromatic rings. The number of carbonyl (C=O) groups is 1. The van der Waals surface area contributed by atoms with Crippen LogP contribution in [-0.4, -0.2) is 22.1 Å². The van der Waals surface area contributed by atoms with Gasteiger partial charge in [0, 0.05) is 18.3 Å². The minimum Gasteiger partial charge on any atom is -0.373 e. The molecule has 0 unspecified atom stereocenters. The average molecular weight is 228 g/mol. The normalized spacial score (nSPS) is 17.3. The van der Waals surface area contributed by atoms with Crippen molar-refractivity contribution in [2.75, 3.05) is 10.6 Å². The SMILES string of the molecule is O=C(Nc1cn[nH]c1)[C@@H]1Cc2ccccc2N1. The average Bonchev–Trinajstić information content (AvgIpc) is 2.96. The van der Waals surface area contributed by atoms with Crippen LogP contribution in [0.1, 0.15) is 5.56 Å². The molecule has 86 valence electrons. The van der Waals surface area contributed by atoms with Crippen LogP contribution in [0.15, 0.2) is 36.7 Å². The Kier molecular flexibility index (Phi) is 2.29. The minimum atomic E-state index is -0.206. The van der Waals surface area contributed by atoms with E-state index in [0.717, 1.165) is 12.1 Å². The predicted octanol–water partition coefficient (Wildman–Crippen LogP) is 1.39. The molecule has 0 spiro atoms. The summed E-state index contributed by atoms with van der Waals surface area (Å²) >= 11 is 0. The van der Waals surface area contributed by atoms with Crippen molar-refractivity contribution in [1.29, 1.82) is 0 Å². The Hall–Kier alpha value is -2.30. The molecular weight excluding hydrogens is 216 g/mol. The van der Waals surface area contributed by atoms with Crippen LogP contribution in [0.2, 0.25) is 0 Å². The highest BCUT2D eigenvalue weighted by Crippen LogP contribution is 2.25. The van der Waals surface area contributed by atoms with E-state index in [1.165, 1.54) is 5.56 Å². The number of carbonyl (C=O) groups excluding carboxylic acids is 1. The van der Waals surface area contributed by atoms with Gasteiger partial charge in [-0.1, -0.05) is 18.2 Å². The molecule has 17 heavy (non-hydrogen) atoms. The van der Waals surface area contributed by atoms with E-state index in [-0.39, 0.29) is 11.9 Å². The first-order valence-electron chi connectivity index (χ1n) is 5.47. The van der Waals surface area contributed by atoms with Crippen molar-refractivity contribution in [3.63, 3.8) is 0 Å². The van der Waals surface area contributed by atoms with Crippen LogP contribution < -0.4 is 10.6 Å². The van der Waals surface area contributed by atoms with E-state index in [9.17, 15) is 4.79 Å². The molecule has 1 atom stereocenters. The number of benzene rings is 1. The highest BCUT2D eigenvalue weighted by atomic mass is 16.2. The van der Waals surface area contributed by atoms with Gasteiger partial charge in [-0.2, -0.15) is 5.10 Å². The quantitative estimate of drug-likeness (QED) is 0.727. The summed E-state index contributed by atoms with van der Waals surface area (Å²) in [5, 5.41) is 12.4. The second-order valence-corrected chi connectivity index (χ2v) is 4.03. The van der Waals surface area contributed by atoms with E-state index in [2.05, 4.69) is 20.8 Å². The first kappa shape index (κ1) is 9.89. The van der Waals surface area contributed by atoms with E-state index in [1.807, 2.05) is 24.3 Å². The molecule has 5 nitrogen and oxygen atoms in total. The fourth-order valence-electron chi connectivity index (χ4n) is 2.00. The van der Waals surface area contributed by atoms with E-state index in [0.29, 0.717) is 5.69 Å². The Bertz CT molecular complexity index is 510. The molecule has 0 aliphatic carbocycles. The van der Waals surface area contributed by atoms with Gasteiger partial charge in [0.05, 0.1) is 11.9 Å². The van der Waals surface area contributed by atoms with Gasteiger partial charge in [-0.25, -0.2) is 0 Å². The standard InChI is InChI=1S/C12H12N4O/c17-12(15-9-6-13-14-7-9)11-5-8-3-1-2-4-10(8)16-11/h1-4,6-7,11,16H,5H2,(H,13,14)(H,15,17)/t11-/m0/s1. The van der Waals surface area contributed by atoms with Crippen molar-refractivity contribution in [3.8, 4) is 0 Å².